The molecule has 0 radical (unpaired) electrons. The molecule has 0 aliphatic heterocycles. The molecule has 0 spiro atoms. The van der Waals surface area contributed by atoms with Gasteiger partial charge in [0.15, 0.2) is 5.69 Å². The molecular weight excluding hydrogens is 261 g/mol. The summed E-state index contributed by atoms with van der Waals surface area (Å²) in [4.78, 5) is 11.4. The predicted molar refractivity (Wildman–Crippen MR) is 71.3 cm³/mol. The molecule has 2 N–H and O–H groups in total. The molecule has 0 amide bonds. The molecule has 7 nitrogen and oxygen atoms in total. The zero-order chi connectivity index (χ0) is 14.5. The van der Waals surface area contributed by atoms with Crippen molar-refractivity contribution in [2.45, 2.75) is 13.5 Å². The van der Waals surface area contributed by atoms with Gasteiger partial charge in [0.05, 0.1) is 19.3 Å². The topological polar surface area (TPSA) is 97.5 Å². The van der Waals surface area contributed by atoms with Crippen LogP contribution >= 0.6 is 0 Å². The van der Waals surface area contributed by atoms with E-state index in [2.05, 4.69) is 10.3 Å². The van der Waals surface area contributed by atoms with Crippen LogP contribution in [-0.4, -0.2) is 44.7 Å². The zero-order valence-electron chi connectivity index (χ0n) is 10.9. The van der Waals surface area contributed by atoms with Crippen LogP contribution in [0, 0.1) is 0 Å². The van der Waals surface area contributed by atoms with E-state index in [1.165, 1.54) is 10.9 Å². The van der Waals surface area contributed by atoms with Crippen LogP contribution in [0.2, 0.25) is 0 Å². The van der Waals surface area contributed by atoms with Gasteiger partial charge in [0.25, 0.3) is 0 Å². The highest BCUT2D eigenvalue weighted by molar-refractivity contribution is 6.58. The lowest BCUT2D eigenvalue weighted by atomic mass is 9.80. The average Bonchev–Trinajstić information content (AvgIpc) is 2.88. The monoisotopic (exact) mass is 275 g/mol. The molecule has 0 aliphatic carbocycles. The summed E-state index contributed by atoms with van der Waals surface area (Å²) in [6, 6.07) is 6.79. The number of benzene rings is 1. The normalized spacial score (nSPS) is 10.3. The van der Waals surface area contributed by atoms with E-state index >= 15 is 0 Å². The van der Waals surface area contributed by atoms with Gasteiger partial charge in [-0.05, 0) is 17.9 Å². The van der Waals surface area contributed by atoms with E-state index in [0.29, 0.717) is 12.0 Å². The Morgan fingerprint density at radius 2 is 2.25 bits per heavy atom. The molecule has 2 aromatic rings. The maximum atomic E-state index is 11.4. The molecule has 0 fully saturated rings. The van der Waals surface area contributed by atoms with Gasteiger partial charge in [-0.2, -0.15) is 0 Å². The van der Waals surface area contributed by atoms with Crippen molar-refractivity contribution in [1.29, 1.82) is 0 Å². The molecular formula is C12H14BN3O4. The Morgan fingerprint density at radius 1 is 1.45 bits per heavy atom. The summed E-state index contributed by atoms with van der Waals surface area (Å²) in [7, 11) is -1.51. The molecule has 0 saturated carbocycles. The highest BCUT2D eigenvalue weighted by Gasteiger charge is 2.13. The van der Waals surface area contributed by atoms with Gasteiger partial charge in [-0.1, -0.05) is 29.5 Å². The maximum absolute atomic E-state index is 11.4. The lowest BCUT2D eigenvalue weighted by Crippen LogP contribution is -2.30. The number of hydrogen-bond acceptors (Lipinski definition) is 6. The summed E-state index contributed by atoms with van der Waals surface area (Å²) in [5, 5.41) is 25.8. The van der Waals surface area contributed by atoms with Crippen LogP contribution < -0.4 is 5.46 Å². The smallest absolute Gasteiger partial charge is 0.461 e. The molecule has 0 aliphatic rings. The third kappa shape index (κ3) is 3.43. The number of carbonyl (C=O) groups excluding carboxylic acids is 1. The van der Waals surface area contributed by atoms with E-state index in [1.807, 2.05) is 6.07 Å². The molecule has 20 heavy (non-hydrogen) atoms. The minimum Gasteiger partial charge on any atom is -0.461 e. The minimum absolute atomic E-state index is 0.144. The number of ether oxygens (including phenoxy) is 1. The van der Waals surface area contributed by atoms with Crippen molar-refractivity contribution < 1.29 is 19.6 Å². The second-order valence-electron chi connectivity index (χ2n) is 4.14. The fourth-order valence-electron chi connectivity index (χ4n) is 1.71. The van der Waals surface area contributed by atoms with Crippen molar-refractivity contribution in [1.82, 2.24) is 15.0 Å². The predicted octanol–water partition coefficient (Wildman–Crippen LogP) is -0.817. The number of nitrogens with zero attached hydrogens (tertiary/aromatic N) is 3. The summed E-state index contributed by atoms with van der Waals surface area (Å²) < 4.78 is 6.30. The molecule has 104 valence electrons. The number of esters is 1. The van der Waals surface area contributed by atoms with Crippen molar-refractivity contribution in [2.75, 3.05) is 6.61 Å². The molecule has 1 heterocycles. The molecule has 0 bridgehead atoms. The summed E-state index contributed by atoms with van der Waals surface area (Å²) in [6.45, 7) is 2.36. The van der Waals surface area contributed by atoms with Crippen molar-refractivity contribution in [3.05, 3.63) is 41.7 Å². The summed E-state index contributed by atoms with van der Waals surface area (Å²) in [5.41, 5.74) is 1.36. The molecule has 0 saturated heterocycles. The zero-order valence-corrected chi connectivity index (χ0v) is 10.9. The Morgan fingerprint density at radius 3 is 2.95 bits per heavy atom. The third-order valence-corrected chi connectivity index (χ3v) is 2.62. The average molecular weight is 275 g/mol. The highest BCUT2D eigenvalue weighted by atomic mass is 16.5. The van der Waals surface area contributed by atoms with E-state index in [-0.39, 0.29) is 12.3 Å². The summed E-state index contributed by atoms with van der Waals surface area (Å²) in [5.74, 6) is -0.515. The molecule has 1 aromatic heterocycles. The number of rotatable bonds is 5. The molecule has 0 atom stereocenters. The van der Waals surface area contributed by atoms with Gasteiger partial charge in [0.2, 0.25) is 0 Å². The molecule has 0 unspecified atom stereocenters. The van der Waals surface area contributed by atoms with Crippen LogP contribution in [0.5, 0.6) is 0 Å². The van der Waals surface area contributed by atoms with Gasteiger partial charge in [-0.25, -0.2) is 9.48 Å². The Bertz CT molecular complexity index is 600. The van der Waals surface area contributed by atoms with Gasteiger partial charge >= 0.3 is 13.1 Å². The quantitative estimate of drug-likeness (QED) is 0.546. The van der Waals surface area contributed by atoms with Gasteiger partial charge in [0.1, 0.15) is 0 Å². The van der Waals surface area contributed by atoms with Crippen molar-refractivity contribution >= 4 is 18.6 Å². The SMILES string of the molecule is CCOC(=O)c1cn(Cc2cccc(B(O)O)c2)nn1. The van der Waals surface area contributed by atoms with E-state index in [1.54, 1.807) is 25.1 Å². The second kappa shape index (κ2) is 6.31. The van der Waals surface area contributed by atoms with Crippen LogP contribution in [0.3, 0.4) is 0 Å². The fraction of sp³-hybridized carbons (Fsp3) is 0.250. The maximum Gasteiger partial charge on any atom is 0.488 e. The van der Waals surface area contributed by atoms with E-state index in [0.717, 1.165) is 5.56 Å². The van der Waals surface area contributed by atoms with Crippen molar-refractivity contribution in [3.63, 3.8) is 0 Å². The number of carbonyl (C=O) groups is 1. The Labute approximate surface area is 115 Å². The molecule has 8 heteroatoms. The van der Waals surface area contributed by atoms with Crippen molar-refractivity contribution in [3.8, 4) is 0 Å². The van der Waals surface area contributed by atoms with Crippen molar-refractivity contribution in [2.24, 2.45) is 0 Å². The summed E-state index contributed by atoms with van der Waals surface area (Å²) >= 11 is 0. The number of hydrogen-bond donors (Lipinski definition) is 2. The molecule has 2 rings (SSSR count). The fourth-order valence-corrected chi connectivity index (χ4v) is 1.71. The van der Waals surface area contributed by atoms with Gasteiger partial charge in [-0.3, -0.25) is 0 Å². The minimum atomic E-state index is -1.51. The first-order valence-corrected chi connectivity index (χ1v) is 6.12. The lowest BCUT2D eigenvalue weighted by Gasteiger charge is -2.04. The summed E-state index contributed by atoms with van der Waals surface area (Å²) in [6.07, 6.45) is 1.49. The first-order chi connectivity index (χ1) is 9.60. The second-order valence-corrected chi connectivity index (χ2v) is 4.14. The van der Waals surface area contributed by atoms with Gasteiger partial charge in [-0.15, -0.1) is 5.10 Å². The Kier molecular flexibility index (Phi) is 4.49. The van der Waals surface area contributed by atoms with Gasteiger partial charge in [0, 0.05) is 0 Å². The van der Waals surface area contributed by atoms with Crippen LogP contribution in [-0.2, 0) is 11.3 Å². The Balaban J connectivity index is 2.10. The van der Waals surface area contributed by atoms with E-state index in [9.17, 15) is 4.79 Å². The van der Waals surface area contributed by atoms with Gasteiger partial charge < -0.3 is 14.8 Å². The van der Waals surface area contributed by atoms with Crippen LogP contribution in [0.1, 0.15) is 23.0 Å². The van der Waals surface area contributed by atoms with Crippen LogP contribution in [0.15, 0.2) is 30.5 Å². The standard InChI is InChI=1S/C12H14BN3O4/c1-2-20-12(17)11-8-16(15-14-11)7-9-4-3-5-10(6-9)13(18)19/h3-6,8,18-19H,2,7H2,1H3. The Hall–Kier alpha value is -2.19. The van der Waals surface area contributed by atoms with Crippen LogP contribution in [0.25, 0.3) is 0 Å². The first kappa shape index (κ1) is 14.2. The molecule has 1 aromatic carbocycles. The van der Waals surface area contributed by atoms with E-state index in [4.69, 9.17) is 14.8 Å². The lowest BCUT2D eigenvalue weighted by molar-refractivity contribution is 0.0519. The highest BCUT2D eigenvalue weighted by Crippen LogP contribution is 2.02. The third-order valence-electron chi connectivity index (χ3n) is 2.62. The first-order valence-electron chi connectivity index (χ1n) is 6.12. The number of aromatic nitrogens is 3. The largest absolute Gasteiger partial charge is 0.488 e. The van der Waals surface area contributed by atoms with E-state index < -0.39 is 13.1 Å². The van der Waals surface area contributed by atoms with Crippen LogP contribution in [0.4, 0.5) is 0 Å².